The number of hydrogen-bond donors (Lipinski definition) is 2. The van der Waals surface area contributed by atoms with Gasteiger partial charge in [0.1, 0.15) is 6.04 Å². The van der Waals surface area contributed by atoms with Crippen LogP contribution in [0, 0.1) is 17.8 Å². The standard InChI is InChI=1S/C28H50N4O3/c1-18(2)23(17-22(8)28(35)31-15-12-21(7)13-16-31)29-27(34)25(19(3)4)30-26(33)24-11-9-10-14-32(24)20(5)6/h17-21,23-25H,9-16H2,1-8H3,(H,29,34)(H,30,33)/b22-17+. The van der Waals surface area contributed by atoms with Crippen LogP contribution in [0.2, 0.25) is 0 Å². The van der Waals surface area contributed by atoms with Crippen molar-refractivity contribution in [3.8, 4) is 0 Å². The van der Waals surface area contributed by atoms with Gasteiger partial charge in [-0.1, -0.05) is 47.1 Å². The maximum absolute atomic E-state index is 13.4. The molecule has 0 aliphatic carbocycles. The number of carbonyl (C=O) groups is 3. The average molecular weight is 491 g/mol. The molecule has 0 aromatic heterocycles. The Morgan fingerprint density at radius 2 is 1.49 bits per heavy atom. The Bertz CT molecular complexity index is 753. The van der Waals surface area contributed by atoms with Crippen LogP contribution < -0.4 is 10.6 Å². The molecule has 35 heavy (non-hydrogen) atoms. The monoisotopic (exact) mass is 490 g/mol. The number of nitrogens with one attached hydrogen (secondary N) is 2. The molecule has 2 aliphatic heterocycles. The van der Waals surface area contributed by atoms with E-state index in [2.05, 4.69) is 36.3 Å². The van der Waals surface area contributed by atoms with Gasteiger partial charge in [0.2, 0.25) is 17.7 Å². The SMILES string of the molecule is C/C(=C\C(NC(=O)C(NC(=O)C1CCCCN1C(C)C)C(C)C)C(C)C)C(=O)N1CCC(C)CC1. The lowest BCUT2D eigenvalue weighted by molar-refractivity contribution is -0.134. The predicted molar refractivity (Wildman–Crippen MR) is 142 cm³/mol. The molecule has 3 unspecified atom stereocenters. The normalized spacial score (nSPS) is 22.4. The van der Waals surface area contributed by atoms with E-state index in [-0.39, 0.29) is 47.7 Å². The minimum Gasteiger partial charge on any atom is -0.348 e. The Balaban J connectivity index is 2.08. The van der Waals surface area contributed by atoms with E-state index in [9.17, 15) is 14.4 Å². The first-order valence-corrected chi connectivity index (χ1v) is 13.8. The van der Waals surface area contributed by atoms with Crippen molar-refractivity contribution in [2.45, 2.75) is 112 Å². The van der Waals surface area contributed by atoms with Gasteiger partial charge in [0.25, 0.3) is 0 Å². The number of amides is 3. The number of carbonyl (C=O) groups excluding carboxylic acids is 3. The van der Waals surface area contributed by atoms with Crippen LogP contribution in [0.4, 0.5) is 0 Å². The highest BCUT2D eigenvalue weighted by atomic mass is 16.2. The van der Waals surface area contributed by atoms with Crippen molar-refractivity contribution in [2.24, 2.45) is 17.8 Å². The summed E-state index contributed by atoms with van der Waals surface area (Å²) in [6.07, 6.45) is 6.92. The third kappa shape index (κ3) is 8.33. The van der Waals surface area contributed by atoms with Gasteiger partial charge < -0.3 is 15.5 Å². The molecule has 2 aliphatic rings. The summed E-state index contributed by atoms with van der Waals surface area (Å²) in [7, 11) is 0. The first-order valence-electron chi connectivity index (χ1n) is 13.8. The Kier molecular flexibility index (Phi) is 11.3. The van der Waals surface area contributed by atoms with E-state index < -0.39 is 6.04 Å². The van der Waals surface area contributed by atoms with Gasteiger partial charge in [-0.3, -0.25) is 19.3 Å². The highest BCUT2D eigenvalue weighted by molar-refractivity contribution is 5.93. The molecule has 2 heterocycles. The van der Waals surface area contributed by atoms with Gasteiger partial charge in [-0.25, -0.2) is 0 Å². The van der Waals surface area contributed by atoms with E-state index in [0.29, 0.717) is 11.5 Å². The molecule has 0 radical (unpaired) electrons. The van der Waals surface area contributed by atoms with E-state index >= 15 is 0 Å². The zero-order chi connectivity index (χ0) is 26.3. The first kappa shape index (κ1) is 29.3. The summed E-state index contributed by atoms with van der Waals surface area (Å²) >= 11 is 0. The highest BCUT2D eigenvalue weighted by Gasteiger charge is 2.34. The Morgan fingerprint density at radius 3 is 2.03 bits per heavy atom. The molecule has 7 heteroatoms. The smallest absolute Gasteiger partial charge is 0.249 e. The number of piperidine rings is 2. The zero-order valence-corrected chi connectivity index (χ0v) is 23.4. The van der Waals surface area contributed by atoms with E-state index in [4.69, 9.17) is 0 Å². The second-order valence-electron chi connectivity index (χ2n) is 11.7. The molecule has 3 amide bonds. The lowest BCUT2D eigenvalue weighted by atomic mass is 9.96. The summed E-state index contributed by atoms with van der Waals surface area (Å²) in [4.78, 5) is 43.7. The van der Waals surface area contributed by atoms with Crippen molar-refractivity contribution in [2.75, 3.05) is 19.6 Å². The topological polar surface area (TPSA) is 81.8 Å². The van der Waals surface area contributed by atoms with Gasteiger partial charge >= 0.3 is 0 Å². The lowest BCUT2D eigenvalue weighted by Crippen LogP contribution is -2.58. The Labute approximate surface area is 213 Å². The molecule has 2 rings (SSSR count). The summed E-state index contributed by atoms with van der Waals surface area (Å²) in [5.41, 5.74) is 0.665. The maximum Gasteiger partial charge on any atom is 0.249 e. The molecule has 2 N–H and O–H groups in total. The van der Waals surface area contributed by atoms with Crippen molar-refractivity contribution in [3.63, 3.8) is 0 Å². The molecule has 0 spiro atoms. The number of nitrogens with zero attached hydrogens (tertiary/aromatic N) is 2. The molecule has 7 nitrogen and oxygen atoms in total. The third-order valence-electron chi connectivity index (χ3n) is 7.62. The predicted octanol–water partition coefficient (Wildman–Crippen LogP) is 3.74. The van der Waals surface area contributed by atoms with E-state index in [1.54, 1.807) is 0 Å². The van der Waals surface area contributed by atoms with Gasteiger partial charge in [0, 0.05) is 24.7 Å². The quantitative estimate of drug-likeness (QED) is 0.483. The average Bonchev–Trinajstić information content (AvgIpc) is 2.81. The van der Waals surface area contributed by atoms with Gasteiger partial charge in [-0.2, -0.15) is 0 Å². The molecule has 0 aromatic rings. The van der Waals surface area contributed by atoms with Crippen LogP contribution in [0.5, 0.6) is 0 Å². The minimum absolute atomic E-state index is 0.0510. The van der Waals surface area contributed by atoms with E-state index in [1.165, 1.54) is 0 Å². The maximum atomic E-state index is 13.4. The molecule has 2 fully saturated rings. The van der Waals surface area contributed by atoms with Crippen molar-refractivity contribution in [1.29, 1.82) is 0 Å². The van der Waals surface area contributed by atoms with E-state index in [1.807, 2.05) is 45.6 Å². The second kappa shape index (κ2) is 13.4. The number of likely N-dealkylation sites (tertiary alicyclic amines) is 2. The molecular weight excluding hydrogens is 440 g/mol. The lowest BCUT2D eigenvalue weighted by Gasteiger charge is -2.38. The van der Waals surface area contributed by atoms with Gasteiger partial charge in [-0.05, 0) is 70.8 Å². The van der Waals surface area contributed by atoms with Gasteiger partial charge in [-0.15, -0.1) is 0 Å². The fourth-order valence-electron chi connectivity index (χ4n) is 5.09. The zero-order valence-electron chi connectivity index (χ0n) is 23.4. The minimum atomic E-state index is -0.618. The van der Waals surface area contributed by atoms with Crippen LogP contribution in [0.25, 0.3) is 0 Å². The largest absolute Gasteiger partial charge is 0.348 e. The van der Waals surface area contributed by atoms with Crippen LogP contribution in [-0.4, -0.2) is 71.3 Å². The molecule has 3 atom stereocenters. The van der Waals surface area contributed by atoms with Crippen LogP contribution in [0.3, 0.4) is 0 Å². The molecule has 0 bridgehead atoms. The van der Waals surface area contributed by atoms with E-state index in [0.717, 1.165) is 51.7 Å². The molecule has 2 saturated heterocycles. The molecule has 0 aromatic carbocycles. The summed E-state index contributed by atoms with van der Waals surface area (Å²) in [6, 6.07) is -0.801. The molecule has 200 valence electrons. The summed E-state index contributed by atoms with van der Waals surface area (Å²) in [5.74, 6) is 0.523. The summed E-state index contributed by atoms with van der Waals surface area (Å²) in [6.45, 7) is 18.8. The summed E-state index contributed by atoms with van der Waals surface area (Å²) in [5, 5.41) is 6.18. The van der Waals surface area contributed by atoms with Crippen LogP contribution >= 0.6 is 0 Å². The van der Waals surface area contributed by atoms with Gasteiger partial charge in [0.05, 0.1) is 12.1 Å². The van der Waals surface area contributed by atoms with Crippen LogP contribution in [0.15, 0.2) is 11.6 Å². The fourth-order valence-corrected chi connectivity index (χ4v) is 5.09. The third-order valence-corrected chi connectivity index (χ3v) is 7.62. The van der Waals surface area contributed by atoms with Crippen molar-refractivity contribution < 1.29 is 14.4 Å². The van der Waals surface area contributed by atoms with Crippen molar-refractivity contribution in [1.82, 2.24) is 20.4 Å². The fraction of sp³-hybridized carbons (Fsp3) is 0.821. The Hall–Kier alpha value is -1.89. The van der Waals surface area contributed by atoms with Crippen LogP contribution in [-0.2, 0) is 14.4 Å². The molecular formula is C28H50N4O3. The van der Waals surface area contributed by atoms with Crippen LogP contribution in [0.1, 0.15) is 87.5 Å². The molecule has 0 saturated carbocycles. The van der Waals surface area contributed by atoms with Gasteiger partial charge in [0.15, 0.2) is 0 Å². The first-order chi connectivity index (χ1) is 16.4. The summed E-state index contributed by atoms with van der Waals surface area (Å²) < 4.78 is 0. The Morgan fingerprint density at radius 1 is 0.857 bits per heavy atom. The number of rotatable bonds is 9. The number of hydrogen-bond acceptors (Lipinski definition) is 4. The second-order valence-corrected chi connectivity index (χ2v) is 11.7. The highest BCUT2D eigenvalue weighted by Crippen LogP contribution is 2.21. The van der Waals surface area contributed by atoms with Crippen molar-refractivity contribution in [3.05, 3.63) is 11.6 Å². The van der Waals surface area contributed by atoms with Crippen molar-refractivity contribution >= 4 is 17.7 Å².